The Labute approximate surface area is 139 Å². The summed E-state index contributed by atoms with van der Waals surface area (Å²) in [6.45, 7) is -0.167. The Morgan fingerprint density at radius 3 is 2.54 bits per heavy atom. The zero-order valence-electron chi connectivity index (χ0n) is 13.0. The maximum absolute atomic E-state index is 12.1. The Bertz CT molecular complexity index is 863. The normalized spacial score (nSPS) is 12.4. The molecule has 0 fully saturated rings. The van der Waals surface area contributed by atoms with Crippen LogP contribution in [-0.2, 0) is 4.79 Å². The molecular formula is C19H17N3O2. The first kappa shape index (κ1) is 15.8. The molecule has 0 radical (unpaired) electrons. The van der Waals surface area contributed by atoms with E-state index >= 15 is 0 Å². The lowest BCUT2D eigenvalue weighted by Crippen LogP contribution is -2.29. The van der Waals surface area contributed by atoms with Gasteiger partial charge in [-0.3, -0.25) is 9.78 Å². The van der Waals surface area contributed by atoms with Crippen molar-refractivity contribution in [3.05, 3.63) is 78.1 Å². The average Bonchev–Trinajstić information content (AvgIpc) is 2.65. The number of carbonyl (C=O) groups excluding carboxylic acids is 1. The lowest BCUT2D eigenvalue weighted by molar-refractivity contribution is -0.117. The van der Waals surface area contributed by atoms with Crippen LogP contribution in [0, 0.1) is 0 Å². The number of aliphatic hydroxyl groups is 1. The number of aromatic nitrogens is 2. The zero-order valence-corrected chi connectivity index (χ0v) is 13.0. The fourth-order valence-corrected chi connectivity index (χ4v) is 2.35. The molecule has 0 aliphatic carbocycles. The number of aliphatic hydroxyl groups excluding tert-OH is 1. The van der Waals surface area contributed by atoms with Gasteiger partial charge in [0, 0.05) is 6.08 Å². The molecule has 5 heteroatoms. The predicted molar refractivity (Wildman–Crippen MR) is 93.0 cm³/mol. The molecule has 0 saturated carbocycles. The molecule has 120 valence electrons. The Balaban J connectivity index is 1.69. The minimum Gasteiger partial charge on any atom is -0.394 e. The van der Waals surface area contributed by atoms with Crippen molar-refractivity contribution < 1.29 is 9.90 Å². The van der Waals surface area contributed by atoms with Gasteiger partial charge in [-0.25, -0.2) is 4.98 Å². The third-order valence-corrected chi connectivity index (χ3v) is 3.57. The van der Waals surface area contributed by atoms with Crippen molar-refractivity contribution in [2.45, 2.75) is 6.04 Å². The summed E-state index contributed by atoms with van der Waals surface area (Å²) < 4.78 is 0. The van der Waals surface area contributed by atoms with E-state index in [1.165, 1.54) is 6.08 Å². The number of hydrogen-bond donors (Lipinski definition) is 2. The van der Waals surface area contributed by atoms with Crippen LogP contribution in [-0.4, -0.2) is 27.6 Å². The van der Waals surface area contributed by atoms with Gasteiger partial charge in [0.05, 0.1) is 35.6 Å². The van der Waals surface area contributed by atoms with Crippen molar-refractivity contribution in [3.8, 4) is 0 Å². The highest BCUT2D eigenvalue weighted by atomic mass is 16.3. The van der Waals surface area contributed by atoms with Gasteiger partial charge in [-0.15, -0.1) is 0 Å². The largest absolute Gasteiger partial charge is 0.394 e. The van der Waals surface area contributed by atoms with Crippen LogP contribution in [0.2, 0.25) is 0 Å². The summed E-state index contributed by atoms with van der Waals surface area (Å²) >= 11 is 0. The molecule has 0 aliphatic rings. The molecule has 3 aromatic rings. The molecule has 3 rings (SSSR count). The summed E-state index contributed by atoms with van der Waals surface area (Å²) in [5.74, 6) is -0.298. The Morgan fingerprint density at radius 1 is 1.08 bits per heavy atom. The van der Waals surface area contributed by atoms with Gasteiger partial charge in [0.15, 0.2) is 0 Å². The topological polar surface area (TPSA) is 75.1 Å². The van der Waals surface area contributed by atoms with Gasteiger partial charge in [-0.05, 0) is 23.8 Å². The SMILES string of the molecule is O=C(/C=C/c1cnc2ccccc2n1)NC(CO)c1ccccc1. The van der Waals surface area contributed by atoms with E-state index in [1.807, 2.05) is 54.6 Å². The van der Waals surface area contributed by atoms with E-state index in [-0.39, 0.29) is 12.5 Å². The molecule has 1 amide bonds. The van der Waals surface area contributed by atoms with Crippen LogP contribution in [0.25, 0.3) is 17.1 Å². The third-order valence-electron chi connectivity index (χ3n) is 3.57. The monoisotopic (exact) mass is 319 g/mol. The van der Waals surface area contributed by atoms with Crippen LogP contribution in [0.1, 0.15) is 17.3 Å². The van der Waals surface area contributed by atoms with Gasteiger partial charge in [0.2, 0.25) is 5.91 Å². The second-order valence-corrected chi connectivity index (χ2v) is 5.27. The Hall–Kier alpha value is -3.05. The summed E-state index contributed by atoms with van der Waals surface area (Å²) in [4.78, 5) is 20.8. The minimum absolute atomic E-state index is 0.167. The minimum atomic E-state index is -0.439. The van der Waals surface area contributed by atoms with E-state index in [9.17, 15) is 9.90 Å². The number of benzene rings is 2. The van der Waals surface area contributed by atoms with Crippen molar-refractivity contribution in [3.63, 3.8) is 0 Å². The molecule has 1 atom stereocenters. The molecule has 1 unspecified atom stereocenters. The standard InChI is InChI=1S/C19H17N3O2/c23-13-18(14-6-2-1-3-7-14)22-19(24)11-10-15-12-20-16-8-4-5-9-17(16)21-15/h1-12,18,23H,13H2,(H,22,24)/b11-10+. The number of carbonyl (C=O) groups is 1. The molecular weight excluding hydrogens is 302 g/mol. The fraction of sp³-hybridized carbons (Fsp3) is 0.105. The first-order valence-electron chi connectivity index (χ1n) is 7.62. The van der Waals surface area contributed by atoms with Crippen molar-refractivity contribution in [2.75, 3.05) is 6.61 Å². The van der Waals surface area contributed by atoms with Gasteiger partial charge in [-0.2, -0.15) is 0 Å². The van der Waals surface area contributed by atoms with Crippen LogP contribution >= 0.6 is 0 Å². The van der Waals surface area contributed by atoms with Gasteiger partial charge in [0.1, 0.15) is 0 Å². The summed E-state index contributed by atoms with van der Waals surface area (Å²) in [6, 6.07) is 16.4. The zero-order chi connectivity index (χ0) is 16.8. The summed E-state index contributed by atoms with van der Waals surface area (Å²) in [5.41, 5.74) is 3.04. The van der Waals surface area contributed by atoms with Gasteiger partial charge in [-0.1, -0.05) is 42.5 Å². The third kappa shape index (κ3) is 3.83. The maximum Gasteiger partial charge on any atom is 0.244 e. The van der Waals surface area contributed by atoms with Crippen molar-refractivity contribution >= 4 is 23.0 Å². The molecule has 1 heterocycles. The van der Waals surface area contributed by atoms with Crippen LogP contribution in [0.15, 0.2) is 66.9 Å². The summed E-state index contributed by atoms with van der Waals surface area (Å²) in [6.07, 6.45) is 4.62. The molecule has 0 bridgehead atoms. The number of rotatable bonds is 5. The lowest BCUT2D eigenvalue weighted by atomic mass is 10.1. The lowest BCUT2D eigenvalue weighted by Gasteiger charge is -2.15. The Morgan fingerprint density at radius 2 is 1.79 bits per heavy atom. The maximum atomic E-state index is 12.1. The van der Waals surface area contributed by atoms with Gasteiger partial charge < -0.3 is 10.4 Å². The second-order valence-electron chi connectivity index (χ2n) is 5.27. The number of amides is 1. The quantitative estimate of drug-likeness (QED) is 0.709. The highest BCUT2D eigenvalue weighted by Gasteiger charge is 2.11. The molecule has 2 N–H and O–H groups in total. The molecule has 2 aromatic carbocycles. The van der Waals surface area contributed by atoms with E-state index in [2.05, 4.69) is 15.3 Å². The highest BCUT2D eigenvalue weighted by molar-refractivity contribution is 5.92. The predicted octanol–water partition coefficient (Wildman–Crippen LogP) is 2.49. The molecule has 0 saturated heterocycles. The highest BCUT2D eigenvalue weighted by Crippen LogP contribution is 2.12. The van der Waals surface area contributed by atoms with Crippen molar-refractivity contribution in [2.24, 2.45) is 0 Å². The van der Waals surface area contributed by atoms with E-state index in [1.54, 1.807) is 12.3 Å². The van der Waals surface area contributed by atoms with E-state index in [0.717, 1.165) is 16.6 Å². The number of nitrogens with zero attached hydrogens (tertiary/aromatic N) is 2. The van der Waals surface area contributed by atoms with Crippen LogP contribution in [0.5, 0.6) is 0 Å². The van der Waals surface area contributed by atoms with E-state index in [0.29, 0.717) is 5.69 Å². The molecule has 0 aliphatic heterocycles. The number of para-hydroxylation sites is 2. The number of nitrogens with one attached hydrogen (secondary N) is 1. The molecule has 24 heavy (non-hydrogen) atoms. The first-order chi connectivity index (χ1) is 11.8. The molecule has 0 spiro atoms. The van der Waals surface area contributed by atoms with E-state index in [4.69, 9.17) is 0 Å². The smallest absolute Gasteiger partial charge is 0.244 e. The molecule has 1 aromatic heterocycles. The van der Waals surface area contributed by atoms with E-state index < -0.39 is 6.04 Å². The number of fused-ring (bicyclic) bond motifs is 1. The first-order valence-corrected chi connectivity index (χ1v) is 7.62. The number of hydrogen-bond acceptors (Lipinski definition) is 4. The van der Waals surface area contributed by atoms with Crippen LogP contribution < -0.4 is 5.32 Å². The summed E-state index contributed by atoms with van der Waals surface area (Å²) in [7, 11) is 0. The van der Waals surface area contributed by atoms with Crippen molar-refractivity contribution in [1.29, 1.82) is 0 Å². The van der Waals surface area contributed by atoms with Crippen LogP contribution in [0.4, 0.5) is 0 Å². The van der Waals surface area contributed by atoms with Gasteiger partial charge >= 0.3 is 0 Å². The Kier molecular flexibility index (Phi) is 4.93. The van der Waals surface area contributed by atoms with Crippen molar-refractivity contribution in [1.82, 2.24) is 15.3 Å². The van der Waals surface area contributed by atoms with Gasteiger partial charge in [0.25, 0.3) is 0 Å². The average molecular weight is 319 g/mol. The fourth-order valence-electron chi connectivity index (χ4n) is 2.35. The second kappa shape index (κ2) is 7.48. The summed E-state index contributed by atoms with van der Waals surface area (Å²) in [5, 5.41) is 12.2. The molecule has 5 nitrogen and oxygen atoms in total. The van der Waals surface area contributed by atoms with Crippen LogP contribution in [0.3, 0.4) is 0 Å².